The molecule has 0 aromatic heterocycles. The number of benzene rings is 1. The minimum atomic E-state index is 0.800. The van der Waals surface area contributed by atoms with E-state index in [1.807, 2.05) is 31.2 Å². The molecule has 0 unspecified atom stereocenters. The van der Waals surface area contributed by atoms with Crippen LogP contribution in [0.2, 0.25) is 5.02 Å². The van der Waals surface area contributed by atoms with Gasteiger partial charge in [-0.05, 0) is 31.0 Å². The highest BCUT2D eigenvalue weighted by molar-refractivity contribution is 6.30. The Kier molecular flexibility index (Phi) is 3.18. The molecule has 0 bridgehead atoms. The Morgan fingerprint density at radius 2 is 1.91 bits per heavy atom. The SMILES string of the molecule is C/C=C\Cc1ccc(Cl)cc1. The highest BCUT2D eigenvalue weighted by Crippen LogP contribution is 2.09. The molecule has 0 fully saturated rings. The molecule has 0 N–H and O–H groups in total. The lowest BCUT2D eigenvalue weighted by molar-refractivity contribution is 1.26. The van der Waals surface area contributed by atoms with Crippen molar-refractivity contribution in [2.75, 3.05) is 0 Å². The molecule has 0 amide bonds. The summed E-state index contributed by atoms with van der Waals surface area (Å²) in [7, 11) is 0. The largest absolute Gasteiger partial charge is 0.0913 e. The zero-order valence-corrected chi connectivity index (χ0v) is 7.31. The minimum absolute atomic E-state index is 0.800. The lowest BCUT2D eigenvalue weighted by Gasteiger charge is -1.94. The smallest absolute Gasteiger partial charge is 0.0406 e. The van der Waals surface area contributed by atoms with E-state index >= 15 is 0 Å². The third-order valence-corrected chi connectivity index (χ3v) is 1.75. The lowest BCUT2D eigenvalue weighted by atomic mass is 10.1. The molecule has 0 radical (unpaired) electrons. The number of hydrogen-bond acceptors (Lipinski definition) is 0. The highest BCUT2D eigenvalue weighted by atomic mass is 35.5. The average molecular weight is 167 g/mol. The van der Waals surface area contributed by atoms with E-state index in [4.69, 9.17) is 11.6 Å². The van der Waals surface area contributed by atoms with Gasteiger partial charge in [-0.1, -0.05) is 35.9 Å². The second-order valence-corrected chi connectivity index (χ2v) is 2.84. The molecule has 0 heterocycles. The van der Waals surface area contributed by atoms with Crippen molar-refractivity contribution in [2.45, 2.75) is 13.3 Å². The van der Waals surface area contributed by atoms with Crippen LogP contribution >= 0.6 is 11.6 Å². The van der Waals surface area contributed by atoms with Crippen LogP contribution in [-0.4, -0.2) is 0 Å². The predicted octanol–water partition coefficient (Wildman–Crippen LogP) is 3.46. The standard InChI is InChI=1S/C10H11Cl/c1-2-3-4-9-5-7-10(11)8-6-9/h2-3,5-8H,4H2,1H3/b3-2-. The second-order valence-electron chi connectivity index (χ2n) is 2.40. The van der Waals surface area contributed by atoms with Crippen LogP contribution in [0.25, 0.3) is 0 Å². The van der Waals surface area contributed by atoms with E-state index in [-0.39, 0.29) is 0 Å². The first-order valence-corrected chi connectivity index (χ1v) is 4.06. The third-order valence-electron chi connectivity index (χ3n) is 1.50. The van der Waals surface area contributed by atoms with Crippen LogP contribution in [0.1, 0.15) is 12.5 Å². The summed E-state index contributed by atoms with van der Waals surface area (Å²) in [4.78, 5) is 0. The van der Waals surface area contributed by atoms with Crippen LogP contribution in [0.15, 0.2) is 36.4 Å². The molecule has 0 saturated carbocycles. The van der Waals surface area contributed by atoms with Crippen molar-refractivity contribution in [1.29, 1.82) is 0 Å². The zero-order valence-electron chi connectivity index (χ0n) is 6.55. The van der Waals surface area contributed by atoms with E-state index in [9.17, 15) is 0 Å². The van der Waals surface area contributed by atoms with Crippen LogP contribution < -0.4 is 0 Å². The lowest BCUT2D eigenvalue weighted by Crippen LogP contribution is -1.78. The fourth-order valence-corrected chi connectivity index (χ4v) is 1.00. The van der Waals surface area contributed by atoms with E-state index in [0.29, 0.717) is 0 Å². The van der Waals surface area contributed by atoms with Crippen molar-refractivity contribution in [3.05, 3.63) is 47.0 Å². The Morgan fingerprint density at radius 3 is 2.45 bits per heavy atom. The van der Waals surface area contributed by atoms with Gasteiger partial charge in [0, 0.05) is 5.02 Å². The molecule has 0 spiro atoms. The van der Waals surface area contributed by atoms with Crippen molar-refractivity contribution < 1.29 is 0 Å². The van der Waals surface area contributed by atoms with Gasteiger partial charge in [-0.25, -0.2) is 0 Å². The molecule has 0 saturated heterocycles. The third kappa shape index (κ3) is 2.77. The second kappa shape index (κ2) is 4.20. The Bertz CT molecular complexity index is 234. The Hall–Kier alpha value is -0.750. The molecular weight excluding hydrogens is 156 g/mol. The van der Waals surface area contributed by atoms with Crippen molar-refractivity contribution in [3.8, 4) is 0 Å². The number of hydrogen-bond donors (Lipinski definition) is 0. The highest BCUT2D eigenvalue weighted by Gasteiger charge is 1.88. The van der Waals surface area contributed by atoms with Gasteiger partial charge in [0.15, 0.2) is 0 Å². The van der Waals surface area contributed by atoms with Crippen LogP contribution in [0.4, 0.5) is 0 Å². The van der Waals surface area contributed by atoms with E-state index in [0.717, 1.165) is 11.4 Å². The Morgan fingerprint density at radius 1 is 1.27 bits per heavy atom. The molecule has 0 aliphatic heterocycles. The molecule has 1 heteroatoms. The van der Waals surface area contributed by atoms with Crippen molar-refractivity contribution in [3.63, 3.8) is 0 Å². The van der Waals surface area contributed by atoms with Crippen molar-refractivity contribution in [1.82, 2.24) is 0 Å². The summed E-state index contributed by atoms with van der Waals surface area (Å²) in [5.41, 5.74) is 1.30. The zero-order chi connectivity index (χ0) is 8.10. The summed E-state index contributed by atoms with van der Waals surface area (Å²) in [5, 5.41) is 0.800. The van der Waals surface area contributed by atoms with Crippen molar-refractivity contribution in [2.24, 2.45) is 0 Å². The minimum Gasteiger partial charge on any atom is -0.0913 e. The van der Waals surface area contributed by atoms with Crippen LogP contribution in [0.5, 0.6) is 0 Å². The van der Waals surface area contributed by atoms with Gasteiger partial charge in [0.05, 0.1) is 0 Å². The normalized spacial score (nSPS) is 10.7. The van der Waals surface area contributed by atoms with Crippen LogP contribution in [-0.2, 0) is 6.42 Å². The monoisotopic (exact) mass is 166 g/mol. The van der Waals surface area contributed by atoms with Gasteiger partial charge in [0.25, 0.3) is 0 Å². The van der Waals surface area contributed by atoms with Gasteiger partial charge in [-0.3, -0.25) is 0 Å². The molecule has 58 valence electrons. The fourth-order valence-electron chi connectivity index (χ4n) is 0.874. The van der Waals surface area contributed by atoms with E-state index in [2.05, 4.69) is 12.2 Å². The number of allylic oxidation sites excluding steroid dienone is 2. The quantitative estimate of drug-likeness (QED) is 0.591. The van der Waals surface area contributed by atoms with Gasteiger partial charge in [0.2, 0.25) is 0 Å². The van der Waals surface area contributed by atoms with Gasteiger partial charge >= 0.3 is 0 Å². The number of halogens is 1. The first-order chi connectivity index (χ1) is 5.33. The predicted molar refractivity (Wildman–Crippen MR) is 50.0 cm³/mol. The molecule has 0 atom stereocenters. The van der Waals surface area contributed by atoms with E-state index in [1.165, 1.54) is 5.56 Å². The van der Waals surface area contributed by atoms with Crippen LogP contribution in [0.3, 0.4) is 0 Å². The first kappa shape index (κ1) is 8.35. The summed E-state index contributed by atoms with van der Waals surface area (Å²) in [5.74, 6) is 0. The topological polar surface area (TPSA) is 0 Å². The molecule has 1 aromatic carbocycles. The molecule has 1 rings (SSSR count). The molecular formula is C10H11Cl. The van der Waals surface area contributed by atoms with Gasteiger partial charge in [-0.15, -0.1) is 0 Å². The molecule has 0 aliphatic rings. The summed E-state index contributed by atoms with van der Waals surface area (Å²) in [6, 6.07) is 7.92. The van der Waals surface area contributed by atoms with Crippen LogP contribution in [0, 0.1) is 0 Å². The van der Waals surface area contributed by atoms with E-state index in [1.54, 1.807) is 0 Å². The maximum Gasteiger partial charge on any atom is 0.0406 e. The Labute approximate surface area is 72.5 Å². The summed E-state index contributed by atoms with van der Waals surface area (Å²) in [6.45, 7) is 2.02. The number of rotatable bonds is 2. The Balaban J connectivity index is 2.66. The van der Waals surface area contributed by atoms with Gasteiger partial charge < -0.3 is 0 Å². The van der Waals surface area contributed by atoms with Gasteiger partial charge in [0.1, 0.15) is 0 Å². The summed E-state index contributed by atoms with van der Waals surface area (Å²) >= 11 is 5.73. The molecule has 0 aliphatic carbocycles. The van der Waals surface area contributed by atoms with Gasteiger partial charge in [-0.2, -0.15) is 0 Å². The summed E-state index contributed by atoms with van der Waals surface area (Å²) < 4.78 is 0. The first-order valence-electron chi connectivity index (χ1n) is 3.68. The molecule has 0 nitrogen and oxygen atoms in total. The average Bonchev–Trinajstić information content (AvgIpc) is 2.04. The maximum absolute atomic E-state index is 5.73. The summed E-state index contributed by atoms with van der Waals surface area (Å²) in [6.07, 6.45) is 5.17. The molecule has 11 heavy (non-hydrogen) atoms. The maximum atomic E-state index is 5.73. The fraction of sp³-hybridized carbons (Fsp3) is 0.200. The van der Waals surface area contributed by atoms with Crippen molar-refractivity contribution >= 4 is 11.6 Å². The molecule has 1 aromatic rings. The van der Waals surface area contributed by atoms with E-state index < -0.39 is 0 Å².